The first kappa shape index (κ1) is 15.5. The number of nitrogens with two attached hydrogens (primary N) is 3. The number of hydrogen-bond donors (Lipinski definition) is 3. The number of anilines is 1. The summed E-state index contributed by atoms with van der Waals surface area (Å²) in [7, 11) is 0. The molecule has 3 rings (SSSR count). The molecule has 7 heteroatoms. The molecule has 24 heavy (non-hydrogen) atoms. The number of nitrogens with zero attached hydrogens (tertiary/aromatic N) is 3. The molecule has 0 aliphatic carbocycles. The molecule has 122 valence electrons. The van der Waals surface area contributed by atoms with Gasteiger partial charge < -0.3 is 22.1 Å². The summed E-state index contributed by atoms with van der Waals surface area (Å²) in [5, 5.41) is 0. The fourth-order valence-corrected chi connectivity index (χ4v) is 2.73. The van der Waals surface area contributed by atoms with Crippen LogP contribution in [0.2, 0.25) is 0 Å². The molecule has 0 spiro atoms. The highest BCUT2D eigenvalue weighted by Gasteiger charge is 2.26. The van der Waals surface area contributed by atoms with Crippen molar-refractivity contribution in [2.24, 2.45) is 27.2 Å². The molecule has 0 atom stereocenters. The number of rotatable bonds is 2. The lowest BCUT2D eigenvalue weighted by atomic mass is 10.1. The van der Waals surface area contributed by atoms with Crippen molar-refractivity contribution >= 4 is 29.2 Å². The average Bonchev–Trinajstić information content (AvgIpc) is 2.98. The highest BCUT2D eigenvalue weighted by molar-refractivity contribution is 6.10. The van der Waals surface area contributed by atoms with Crippen molar-refractivity contribution in [1.29, 1.82) is 0 Å². The van der Waals surface area contributed by atoms with Gasteiger partial charge in [-0.15, -0.1) is 0 Å². The summed E-state index contributed by atoms with van der Waals surface area (Å²) in [5.74, 6) is -0.414. The van der Waals surface area contributed by atoms with Crippen LogP contribution in [0.3, 0.4) is 0 Å². The first-order valence-electron chi connectivity index (χ1n) is 7.49. The monoisotopic (exact) mass is 322 g/mol. The van der Waals surface area contributed by atoms with E-state index in [1.807, 2.05) is 24.3 Å². The second-order valence-corrected chi connectivity index (χ2v) is 5.36. The molecule has 0 aromatic heterocycles. The molecule has 2 aromatic carbocycles. The van der Waals surface area contributed by atoms with Crippen LogP contribution in [-0.4, -0.2) is 24.4 Å². The van der Waals surface area contributed by atoms with Crippen LogP contribution in [0, 0.1) is 0 Å². The van der Waals surface area contributed by atoms with Gasteiger partial charge in [0.1, 0.15) is 0 Å². The van der Waals surface area contributed by atoms with Crippen molar-refractivity contribution in [3.63, 3.8) is 0 Å². The molecule has 1 amide bonds. The molecule has 0 saturated heterocycles. The van der Waals surface area contributed by atoms with Crippen molar-refractivity contribution in [2.45, 2.75) is 6.42 Å². The minimum atomic E-state index is -0.187. The zero-order valence-corrected chi connectivity index (χ0v) is 13.0. The van der Waals surface area contributed by atoms with E-state index >= 15 is 0 Å². The highest BCUT2D eigenvalue weighted by atomic mass is 16.2. The van der Waals surface area contributed by atoms with Crippen molar-refractivity contribution in [2.75, 3.05) is 11.4 Å². The van der Waals surface area contributed by atoms with Gasteiger partial charge in [0, 0.05) is 12.2 Å². The highest BCUT2D eigenvalue weighted by Crippen LogP contribution is 2.30. The third kappa shape index (κ3) is 3.05. The van der Waals surface area contributed by atoms with E-state index in [-0.39, 0.29) is 17.8 Å². The third-order valence-corrected chi connectivity index (χ3v) is 3.75. The lowest BCUT2D eigenvalue weighted by molar-refractivity contribution is 0.0990. The van der Waals surface area contributed by atoms with Gasteiger partial charge in [0.05, 0.1) is 11.3 Å². The molecule has 0 saturated carbocycles. The summed E-state index contributed by atoms with van der Waals surface area (Å²) in [6.45, 7) is 0.639. The molecule has 0 radical (unpaired) electrons. The van der Waals surface area contributed by atoms with Crippen LogP contribution in [0.5, 0.6) is 0 Å². The Balaban J connectivity index is 1.96. The number of carbonyl (C=O) groups excluding carboxylic acids is 1. The summed E-state index contributed by atoms with van der Waals surface area (Å²) >= 11 is 0. The van der Waals surface area contributed by atoms with E-state index in [1.54, 1.807) is 29.2 Å². The van der Waals surface area contributed by atoms with E-state index in [0.717, 1.165) is 17.7 Å². The third-order valence-electron chi connectivity index (χ3n) is 3.75. The average molecular weight is 322 g/mol. The van der Waals surface area contributed by atoms with Crippen molar-refractivity contribution in [3.8, 4) is 0 Å². The lowest BCUT2D eigenvalue weighted by Gasteiger charge is -2.18. The maximum Gasteiger partial charge on any atom is 0.260 e. The van der Waals surface area contributed by atoms with Crippen LogP contribution >= 0.6 is 0 Å². The first-order chi connectivity index (χ1) is 11.6. The zero-order valence-electron chi connectivity index (χ0n) is 13.0. The van der Waals surface area contributed by atoms with Gasteiger partial charge >= 0.3 is 0 Å². The van der Waals surface area contributed by atoms with Gasteiger partial charge in [-0.3, -0.25) is 4.79 Å². The van der Waals surface area contributed by atoms with E-state index in [4.69, 9.17) is 17.2 Å². The van der Waals surface area contributed by atoms with E-state index in [2.05, 4.69) is 9.98 Å². The number of hydrogen-bond acceptors (Lipinski definition) is 2. The van der Waals surface area contributed by atoms with Crippen molar-refractivity contribution in [1.82, 2.24) is 0 Å². The Morgan fingerprint density at radius 1 is 1.00 bits per heavy atom. The predicted molar refractivity (Wildman–Crippen MR) is 95.4 cm³/mol. The van der Waals surface area contributed by atoms with Gasteiger partial charge in [0.2, 0.25) is 5.96 Å². The summed E-state index contributed by atoms with van der Waals surface area (Å²) in [4.78, 5) is 22.5. The standard InChI is InChI=1S/C17H18N6O/c18-16(19)22-17(20)21-13-7-3-2-6-12(13)15(24)23-10-9-11-5-1-4-8-14(11)23/h1-8H,9-10H2,(H6,18,19,20,21,22). The van der Waals surface area contributed by atoms with Gasteiger partial charge in [-0.05, 0) is 30.2 Å². The van der Waals surface area contributed by atoms with Crippen molar-refractivity contribution in [3.05, 3.63) is 59.7 Å². The molecule has 1 heterocycles. The summed E-state index contributed by atoms with van der Waals surface area (Å²) in [6, 6.07) is 14.8. The lowest BCUT2D eigenvalue weighted by Crippen LogP contribution is -2.29. The van der Waals surface area contributed by atoms with Crippen LogP contribution in [0.1, 0.15) is 15.9 Å². The van der Waals surface area contributed by atoms with Crippen LogP contribution in [0.4, 0.5) is 11.4 Å². The van der Waals surface area contributed by atoms with Gasteiger partial charge in [-0.25, -0.2) is 4.99 Å². The van der Waals surface area contributed by atoms with Crippen LogP contribution in [0.25, 0.3) is 0 Å². The summed E-state index contributed by atoms with van der Waals surface area (Å²) in [6.07, 6.45) is 0.837. The summed E-state index contributed by atoms with van der Waals surface area (Å²) in [5.41, 5.74) is 19.2. The maximum absolute atomic E-state index is 13.0. The molecule has 1 aliphatic rings. The second-order valence-electron chi connectivity index (χ2n) is 5.36. The molecule has 7 nitrogen and oxygen atoms in total. The first-order valence-corrected chi connectivity index (χ1v) is 7.49. The van der Waals surface area contributed by atoms with Crippen LogP contribution in [0.15, 0.2) is 58.5 Å². The second kappa shape index (κ2) is 6.41. The minimum Gasteiger partial charge on any atom is -0.370 e. The largest absolute Gasteiger partial charge is 0.370 e. The Kier molecular flexibility index (Phi) is 4.15. The fourth-order valence-electron chi connectivity index (χ4n) is 2.73. The molecule has 1 aliphatic heterocycles. The Hall–Kier alpha value is -3.35. The SMILES string of the molecule is NC(N)=NC(N)=Nc1ccccc1C(=O)N1CCc2ccccc21. The number of carbonyl (C=O) groups is 1. The predicted octanol–water partition coefficient (Wildman–Crippen LogP) is 1.11. The Morgan fingerprint density at radius 3 is 2.50 bits per heavy atom. The molecule has 0 bridgehead atoms. The Labute approximate surface area is 139 Å². The van der Waals surface area contributed by atoms with E-state index < -0.39 is 0 Å². The number of fused-ring (bicyclic) bond motifs is 1. The summed E-state index contributed by atoms with van der Waals surface area (Å²) < 4.78 is 0. The minimum absolute atomic E-state index is 0.0999. The molecule has 0 unspecified atom stereocenters. The number of guanidine groups is 2. The number of benzene rings is 2. The number of para-hydroxylation sites is 2. The normalized spacial score (nSPS) is 13.5. The number of amides is 1. The van der Waals surface area contributed by atoms with Gasteiger partial charge in [0.15, 0.2) is 5.96 Å². The zero-order chi connectivity index (χ0) is 17.1. The molecule has 0 fully saturated rings. The molecule has 6 N–H and O–H groups in total. The fraction of sp³-hybridized carbons (Fsp3) is 0.118. The molecular formula is C17H18N6O. The smallest absolute Gasteiger partial charge is 0.260 e. The van der Waals surface area contributed by atoms with Crippen LogP contribution < -0.4 is 22.1 Å². The van der Waals surface area contributed by atoms with Gasteiger partial charge in [-0.2, -0.15) is 4.99 Å². The Morgan fingerprint density at radius 2 is 1.71 bits per heavy atom. The maximum atomic E-state index is 13.0. The van der Waals surface area contributed by atoms with E-state index in [9.17, 15) is 4.79 Å². The molecule has 2 aromatic rings. The molecular weight excluding hydrogens is 304 g/mol. The van der Waals surface area contributed by atoms with E-state index in [0.29, 0.717) is 17.8 Å². The Bertz CT molecular complexity index is 838. The quantitative estimate of drug-likeness (QED) is 0.566. The van der Waals surface area contributed by atoms with Gasteiger partial charge in [-0.1, -0.05) is 30.3 Å². The topological polar surface area (TPSA) is 123 Å². The van der Waals surface area contributed by atoms with Gasteiger partial charge in [0.25, 0.3) is 5.91 Å². The number of aliphatic imine (C=N–C) groups is 2. The van der Waals surface area contributed by atoms with Crippen LogP contribution in [-0.2, 0) is 6.42 Å². The van der Waals surface area contributed by atoms with Crippen molar-refractivity contribution < 1.29 is 4.79 Å². The van der Waals surface area contributed by atoms with E-state index in [1.165, 1.54) is 0 Å².